The number of benzene rings is 1. The Kier molecular flexibility index (Phi) is 4.16. The van der Waals surface area contributed by atoms with E-state index in [4.69, 9.17) is 16.3 Å². The molecule has 1 N–H and O–H groups in total. The molecule has 1 aliphatic rings. The van der Waals surface area contributed by atoms with Gasteiger partial charge in [0.25, 0.3) is 5.91 Å². The number of aromatic nitrogens is 2. The fourth-order valence-corrected chi connectivity index (χ4v) is 2.56. The van der Waals surface area contributed by atoms with Crippen LogP contribution in [0.15, 0.2) is 36.5 Å². The van der Waals surface area contributed by atoms with E-state index in [0.29, 0.717) is 10.7 Å². The number of carbonyl (C=O) groups is 2. The van der Waals surface area contributed by atoms with Gasteiger partial charge in [-0.1, -0.05) is 35.9 Å². The van der Waals surface area contributed by atoms with E-state index in [1.54, 1.807) is 19.1 Å². The molecule has 0 amide bonds. The first-order chi connectivity index (χ1) is 11.1. The Morgan fingerprint density at radius 1 is 1.43 bits per heavy atom. The second-order valence-electron chi connectivity index (χ2n) is 4.86. The van der Waals surface area contributed by atoms with Crippen molar-refractivity contribution in [2.24, 2.45) is 0 Å². The van der Waals surface area contributed by atoms with Gasteiger partial charge < -0.3 is 10.1 Å². The molecule has 0 saturated carbocycles. The number of carbonyl (C=O) groups excluding carboxylic acids is 2. The maximum atomic E-state index is 12.2. The predicted octanol–water partition coefficient (Wildman–Crippen LogP) is 3.21. The lowest BCUT2D eigenvalue weighted by molar-refractivity contribution is 0.0527. The highest BCUT2D eigenvalue weighted by molar-refractivity contribution is 6.32. The van der Waals surface area contributed by atoms with Crippen molar-refractivity contribution < 1.29 is 14.3 Å². The number of anilines is 1. The summed E-state index contributed by atoms with van der Waals surface area (Å²) in [6, 6.07) is 7.26. The SMILES string of the molecule is CCOC(=O)c1cnn2c1NC(c1ccccc1Cl)=CCC2=O. The molecular weight excluding hydrogens is 318 g/mol. The minimum absolute atomic E-state index is 0.143. The van der Waals surface area contributed by atoms with E-state index in [1.807, 2.05) is 18.2 Å². The van der Waals surface area contributed by atoms with Gasteiger partial charge in [0.1, 0.15) is 5.56 Å². The molecule has 2 heterocycles. The van der Waals surface area contributed by atoms with E-state index in [2.05, 4.69) is 10.4 Å². The lowest BCUT2D eigenvalue weighted by atomic mass is 10.1. The Hall–Kier alpha value is -2.60. The summed E-state index contributed by atoms with van der Waals surface area (Å²) in [4.78, 5) is 24.2. The first-order valence-corrected chi connectivity index (χ1v) is 7.50. The summed E-state index contributed by atoms with van der Waals surface area (Å²) in [6.07, 6.45) is 3.20. The highest BCUT2D eigenvalue weighted by atomic mass is 35.5. The molecule has 7 heteroatoms. The zero-order valence-electron chi connectivity index (χ0n) is 12.4. The zero-order valence-corrected chi connectivity index (χ0v) is 13.1. The predicted molar refractivity (Wildman–Crippen MR) is 86.5 cm³/mol. The highest BCUT2D eigenvalue weighted by Crippen LogP contribution is 2.29. The number of hydrogen-bond acceptors (Lipinski definition) is 5. The van der Waals surface area contributed by atoms with Crippen LogP contribution in [0.25, 0.3) is 5.70 Å². The van der Waals surface area contributed by atoms with Crippen LogP contribution in [-0.4, -0.2) is 28.3 Å². The van der Waals surface area contributed by atoms with Crippen LogP contribution >= 0.6 is 11.6 Å². The van der Waals surface area contributed by atoms with Crippen LogP contribution in [0.2, 0.25) is 5.02 Å². The molecule has 1 aromatic heterocycles. The van der Waals surface area contributed by atoms with Crippen molar-refractivity contribution in [3.05, 3.63) is 52.7 Å². The number of halogens is 1. The molecule has 1 aliphatic heterocycles. The minimum atomic E-state index is -0.533. The van der Waals surface area contributed by atoms with Crippen molar-refractivity contribution in [2.45, 2.75) is 13.3 Å². The van der Waals surface area contributed by atoms with Crippen LogP contribution in [0.1, 0.15) is 34.1 Å². The molecule has 0 spiro atoms. The average molecular weight is 332 g/mol. The Morgan fingerprint density at radius 3 is 2.96 bits per heavy atom. The van der Waals surface area contributed by atoms with Gasteiger partial charge in [-0.3, -0.25) is 4.79 Å². The maximum absolute atomic E-state index is 12.2. The van der Waals surface area contributed by atoms with Crippen LogP contribution in [0.4, 0.5) is 5.82 Å². The number of nitrogens with zero attached hydrogens (tertiary/aromatic N) is 2. The van der Waals surface area contributed by atoms with Crippen LogP contribution in [-0.2, 0) is 4.74 Å². The second kappa shape index (κ2) is 6.26. The van der Waals surface area contributed by atoms with E-state index in [9.17, 15) is 9.59 Å². The van der Waals surface area contributed by atoms with Crippen LogP contribution in [0.5, 0.6) is 0 Å². The molecule has 0 bridgehead atoms. The molecule has 0 atom stereocenters. The average Bonchev–Trinajstić information content (AvgIpc) is 2.89. The molecule has 0 radical (unpaired) electrons. The summed E-state index contributed by atoms with van der Waals surface area (Å²) in [5.41, 5.74) is 1.60. The topological polar surface area (TPSA) is 73.2 Å². The van der Waals surface area contributed by atoms with Crippen molar-refractivity contribution in [1.29, 1.82) is 0 Å². The third-order valence-corrected chi connectivity index (χ3v) is 3.73. The van der Waals surface area contributed by atoms with E-state index >= 15 is 0 Å². The standard InChI is InChI=1S/C16H14ClN3O3/c1-2-23-16(22)11-9-18-20-14(21)8-7-13(19-15(11)20)10-5-3-4-6-12(10)17/h3-7,9,19H,2,8H2,1H3. The van der Waals surface area contributed by atoms with E-state index in [-0.39, 0.29) is 30.3 Å². The molecule has 0 saturated heterocycles. The Bertz CT molecular complexity index is 811. The number of esters is 1. The summed E-state index contributed by atoms with van der Waals surface area (Å²) in [7, 11) is 0. The first kappa shape index (κ1) is 15.3. The number of ether oxygens (including phenoxy) is 1. The quantitative estimate of drug-likeness (QED) is 0.874. The number of fused-ring (bicyclic) bond motifs is 1. The van der Waals surface area contributed by atoms with Gasteiger partial charge >= 0.3 is 5.97 Å². The molecular formula is C16H14ClN3O3. The van der Waals surface area contributed by atoms with Crippen LogP contribution in [0.3, 0.4) is 0 Å². The van der Waals surface area contributed by atoms with Gasteiger partial charge in [0, 0.05) is 22.7 Å². The van der Waals surface area contributed by atoms with Crippen molar-refractivity contribution in [3.63, 3.8) is 0 Å². The lowest BCUT2D eigenvalue weighted by Gasteiger charge is -2.12. The molecule has 0 unspecified atom stereocenters. The summed E-state index contributed by atoms with van der Waals surface area (Å²) < 4.78 is 6.18. The Balaban J connectivity index is 2.04. The van der Waals surface area contributed by atoms with Gasteiger partial charge in [-0.2, -0.15) is 9.78 Å². The molecule has 3 rings (SSSR count). The van der Waals surface area contributed by atoms with E-state index in [0.717, 1.165) is 5.56 Å². The number of rotatable bonds is 3. The molecule has 0 fully saturated rings. The zero-order chi connectivity index (χ0) is 16.4. The highest BCUT2D eigenvalue weighted by Gasteiger charge is 2.25. The van der Waals surface area contributed by atoms with Gasteiger partial charge in [0.15, 0.2) is 5.82 Å². The number of allylic oxidation sites excluding steroid dienone is 1. The first-order valence-electron chi connectivity index (χ1n) is 7.12. The van der Waals surface area contributed by atoms with Crippen LogP contribution in [0, 0.1) is 0 Å². The largest absolute Gasteiger partial charge is 0.462 e. The molecule has 0 aliphatic carbocycles. The summed E-state index contributed by atoms with van der Waals surface area (Å²) in [5.74, 6) is -0.489. The number of hydrogen-bond donors (Lipinski definition) is 1. The molecule has 2 aromatic rings. The maximum Gasteiger partial charge on any atom is 0.343 e. The third-order valence-electron chi connectivity index (χ3n) is 3.40. The van der Waals surface area contributed by atoms with Gasteiger partial charge in [-0.15, -0.1) is 0 Å². The lowest BCUT2D eigenvalue weighted by Crippen LogP contribution is -2.14. The fraction of sp³-hybridized carbons (Fsp3) is 0.188. The Morgan fingerprint density at radius 2 is 2.22 bits per heavy atom. The Labute approximate surface area is 137 Å². The van der Waals surface area contributed by atoms with Crippen molar-refractivity contribution >= 4 is 35.0 Å². The normalized spacial score (nSPS) is 13.7. The van der Waals surface area contributed by atoms with Crippen molar-refractivity contribution in [2.75, 3.05) is 11.9 Å². The summed E-state index contributed by atoms with van der Waals surface area (Å²) in [5, 5.41) is 7.63. The second-order valence-corrected chi connectivity index (χ2v) is 5.27. The van der Waals surface area contributed by atoms with Crippen molar-refractivity contribution in [3.8, 4) is 0 Å². The smallest absolute Gasteiger partial charge is 0.343 e. The third kappa shape index (κ3) is 2.85. The fourth-order valence-electron chi connectivity index (χ4n) is 2.33. The molecule has 1 aromatic carbocycles. The number of nitrogens with one attached hydrogen (secondary N) is 1. The summed E-state index contributed by atoms with van der Waals surface area (Å²) >= 11 is 6.22. The van der Waals surface area contributed by atoms with E-state index in [1.165, 1.54) is 10.9 Å². The molecule has 6 nitrogen and oxygen atoms in total. The van der Waals surface area contributed by atoms with Crippen molar-refractivity contribution in [1.82, 2.24) is 9.78 Å². The van der Waals surface area contributed by atoms with Gasteiger partial charge in [0.2, 0.25) is 0 Å². The van der Waals surface area contributed by atoms with Gasteiger partial charge in [-0.25, -0.2) is 4.79 Å². The van der Waals surface area contributed by atoms with Gasteiger partial charge in [0.05, 0.1) is 12.8 Å². The molecule has 23 heavy (non-hydrogen) atoms. The van der Waals surface area contributed by atoms with Crippen LogP contribution < -0.4 is 5.32 Å². The summed E-state index contributed by atoms with van der Waals surface area (Å²) in [6.45, 7) is 1.96. The van der Waals surface area contributed by atoms with E-state index < -0.39 is 5.97 Å². The van der Waals surface area contributed by atoms with Gasteiger partial charge in [-0.05, 0) is 13.0 Å². The monoisotopic (exact) mass is 331 g/mol. The minimum Gasteiger partial charge on any atom is -0.462 e. The molecule has 118 valence electrons.